The summed E-state index contributed by atoms with van der Waals surface area (Å²) in [6.07, 6.45) is 1.79. The molecular formula is C20H15ClN8. The van der Waals surface area contributed by atoms with Gasteiger partial charge < -0.3 is 5.32 Å². The lowest BCUT2D eigenvalue weighted by molar-refractivity contribution is 0.803. The topological polar surface area (TPSA) is 97.2 Å². The third-order valence-electron chi connectivity index (χ3n) is 4.37. The minimum atomic E-state index is 0.471. The molecule has 0 saturated carbocycles. The van der Waals surface area contributed by atoms with Crippen LogP contribution in [0.3, 0.4) is 0 Å². The van der Waals surface area contributed by atoms with Crippen molar-refractivity contribution in [2.24, 2.45) is 0 Å². The van der Waals surface area contributed by atoms with Crippen LogP contribution in [0.15, 0.2) is 60.8 Å². The number of hydrogen-bond donors (Lipinski definition) is 2. The zero-order valence-corrected chi connectivity index (χ0v) is 16.1. The summed E-state index contributed by atoms with van der Waals surface area (Å²) in [5, 5.41) is 20.4. The first kappa shape index (κ1) is 17.3. The molecule has 0 fully saturated rings. The molecule has 0 spiro atoms. The zero-order valence-electron chi connectivity index (χ0n) is 15.3. The van der Waals surface area contributed by atoms with Crippen LogP contribution >= 0.6 is 11.6 Å². The minimum absolute atomic E-state index is 0.471. The van der Waals surface area contributed by atoms with Gasteiger partial charge in [-0.25, -0.2) is 14.6 Å². The SMILES string of the molecule is Cc1cc(Nc2nc(-c3cn(-c4ccc(Cl)cc4)nn3)nc3ccccc23)n[nH]1. The van der Waals surface area contributed by atoms with Crippen LogP contribution in [0.1, 0.15) is 5.69 Å². The molecule has 0 atom stereocenters. The molecule has 142 valence electrons. The summed E-state index contributed by atoms with van der Waals surface area (Å²) in [7, 11) is 0. The van der Waals surface area contributed by atoms with Gasteiger partial charge in [-0.15, -0.1) is 5.10 Å². The second-order valence-corrected chi connectivity index (χ2v) is 6.94. The van der Waals surface area contributed by atoms with Gasteiger partial charge in [0.05, 0.1) is 17.4 Å². The van der Waals surface area contributed by atoms with Crippen molar-refractivity contribution in [1.29, 1.82) is 0 Å². The Bertz CT molecular complexity index is 1310. The quantitative estimate of drug-likeness (QED) is 0.465. The monoisotopic (exact) mass is 402 g/mol. The first-order chi connectivity index (χ1) is 14.2. The van der Waals surface area contributed by atoms with E-state index in [0.29, 0.717) is 28.2 Å². The number of aromatic nitrogens is 7. The summed E-state index contributed by atoms with van der Waals surface area (Å²) >= 11 is 5.96. The lowest BCUT2D eigenvalue weighted by Gasteiger charge is -2.08. The van der Waals surface area contributed by atoms with E-state index in [1.54, 1.807) is 23.0 Å². The van der Waals surface area contributed by atoms with Gasteiger partial charge in [-0.2, -0.15) is 5.10 Å². The van der Waals surface area contributed by atoms with Crippen molar-refractivity contribution in [3.63, 3.8) is 0 Å². The number of rotatable bonds is 4. The summed E-state index contributed by atoms with van der Waals surface area (Å²) in [6, 6.07) is 17.0. The van der Waals surface area contributed by atoms with Crippen molar-refractivity contribution in [1.82, 2.24) is 35.2 Å². The van der Waals surface area contributed by atoms with Gasteiger partial charge in [-0.05, 0) is 43.3 Å². The normalized spacial score (nSPS) is 11.1. The van der Waals surface area contributed by atoms with Crippen molar-refractivity contribution < 1.29 is 0 Å². The molecule has 2 aromatic carbocycles. The Morgan fingerprint density at radius 1 is 1.03 bits per heavy atom. The Balaban J connectivity index is 1.57. The second kappa shape index (κ2) is 6.99. The van der Waals surface area contributed by atoms with Gasteiger partial charge in [0.25, 0.3) is 0 Å². The average Bonchev–Trinajstić information content (AvgIpc) is 3.38. The number of halogens is 1. The van der Waals surface area contributed by atoms with Gasteiger partial charge in [0, 0.05) is 22.2 Å². The zero-order chi connectivity index (χ0) is 19.8. The molecule has 0 radical (unpaired) electrons. The summed E-state index contributed by atoms with van der Waals surface area (Å²) in [4.78, 5) is 9.34. The molecule has 5 aromatic rings. The number of nitrogens with zero attached hydrogens (tertiary/aromatic N) is 6. The predicted octanol–water partition coefficient (Wildman–Crippen LogP) is 4.31. The highest BCUT2D eigenvalue weighted by molar-refractivity contribution is 6.30. The molecule has 3 aromatic heterocycles. The third kappa shape index (κ3) is 3.41. The van der Waals surface area contributed by atoms with Gasteiger partial charge in [0.15, 0.2) is 17.3 Å². The number of H-pyrrole nitrogens is 1. The van der Waals surface area contributed by atoms with Gasteiger partial charge in [-0.3, -0.25) is 5.10 Å². The van der Waals surface area contributed by atoms with E-state index in [1.807, 2.05) is 49.4 Å². The molecule has 0 aliphatic rings. The van der Waals surface area contributed by atoms with Crippen LogP contribution in [-0.4, -0.2) is 35.2 Å². The van der Waals surface area contributed by atoms with Gasteiger partial charge in [-0.1, -0.05) is 28.9 Å². The Morgan fingerprint density at radius 2 is 1.86 bits per heavy atom. The largest absolute Gasteiger partial charge is 0.323 e. The Labute approximate surface area is 170 Å². The summed E-state index contributed by atoms with van der Waals surface area (Å²) in [6.45, 7) is 1.94. The van der Waals surface area contributed by atoms with Crippen LogP contribution in [0.5, 0.6) is 0 Å². The van der Waals surface area contributed by atoms with Crippen molar-refractivity contribution in [3.8, 4) is 17.2 Å². The van der Waals surface area contributed by atoms with Crippen LogP contribution in [-0.2, 0) is 0 Å². The van der Waals surface area contributed by atoms with E-state index in [-0.39, 0.29) is 0 Å². The first-order valence-electron chi connectivity index (χ1n) is 8.90. The molecule has 0 amide bonds. The van der Waals surface area contributed by atoms with Crippen LogP contribution < -0.4 is 5.32 Å². The molecule has 2 N–H and O–H groups in total. The molecule has 0 unspecified atom stereocenters. The molecule has 8 nitrogen and oxygen atoms in total. The van der Waals surface area contributed by atoms with E-state index >= 15 is 0 Å². The minimum Gasteiger partial charge on any atom is -0.323 e. The van der Waals surface area contributed by atoms with Crippen LogP contribution in [0.25, 0.3) is 28.1 Å². The second-order valence-electron chi connectivity index (χ2n) is 6.50. The van der Waals surface area contributed by atoms with Crippen molar-refractivity contribution in [2.45, 2.75) is 6.92 Å². The Morgan fingerprint density at radius 3 is 2.66 bits per heavy atom. The molecule has 3 heterocycles. The number of hydrogen-bond acceptors (Lipinski definition) is 6. The van der Waals surface area contributed by atoms with Crippen LogP contribution in [0, 0.1) is 6.92 Å². The van der Waals surface area contributed by atoms with Crippen molar-refractivity contribution >= 4 is 34.1 Å². The summed E-state index contributed by atoms with van der Waals surface area (Å²) < 4.78 is 1.66. The molecule has 0 aliphatic carbocycles. The molecule has 9 heteroatoms. The fourth-order valence-corrected chi connectivity index (χ4v) is 3.10. The number of benzene rings is 2. The molecule has 0 bridgehead atoms. The number of anilines is 2. The highest BCUT2D eigenvalue weighted by atomic mass is 35.5. The molecule has 5 rings (SSSR count). The maximum atomic E-state index is 5.96. The molecular weight excluding hydrogens is 388 g/mol. The fourth-order valence-electron chi connectivity index (χ4n) is 2.98. The maximum absolute atomic E-state index is 5.96. The molecule has 0 aliphatic heterocycles. The number of aromatic amines is 1. The van der Waals surface area contributed by atoms with Gasteiger partial charge in [0.2, 0.25) is 0 Å². The lowest BCUT2D eigenvalue weighted by Crippen LogP contribution is -1.99. The van der Waals surface area contributed by atoms with Gasteiger partial charge >= 0.3 is 0 Å². The van der Waals surface area contributed by atoms with Crippen LogP contribution in [0.2, 0.25) is 5.02 Å². The predicted molar refractivity (Wildman–Crippen MR) is 112 cm³/mol. The number of fused-ring (bicyclic) bond motifs is 1. The summed E-state index contributed by atoms with van der Waals surface area (Å²) in [5.41, 5.74) is 3.16. The number of para-hydroxylation sites is 1. The summed E-state index contributed by atoms with van der Waals surface area (Å²) in [5.74, 6) is 1.80. The maximum Gasteiger partial charge on any atom is 0.184 e. The highest BCUT2D eigenvalue weighted by Gasteiger charge is 2.14. The first-order valence-corrected chi connectivity index (χ1v) is 9.28. The fraction of sp³-hybridized carbons (Fsp3) is 0.0500. The number of nitrogens with one attached hydrogen (secondary N) is 2. The number of aryl methyl sites for hydroxylation is 1. The van der Waals surface area contributed by atoms with E-state index in [0.717, 1.165) is 22.3 Å². The average molecular weight is 403 g/mol. The van der Waals surface area contributed by atoms with E-state index in [9.17, 15) is 0 Å². The Hall–Kier alpha value is -3.78. The smallest absolute Gasteiger partial charge is 0.184 e. The Kier molecular flexibility index (Phi) is 4.18. The van der Waals surface area contributed by atoms with E-state index in [4.69, 9.17) is 11.6 Å². The van der Waals surface area contributed by atoms with Crippen molar-refractivity contribution in [3.05, 3.63) is 71.5 Å². The lowest BCUT2D eigenvalue weighted by atomic mass is 10.2. The molecule has 0 saturated heterocycles. The van der Waals surface area contributed by atoms with Crippen LogP contribution in [0.4, 0.5) is 11.6 Å². The van der Waals surface area contributed by atoms with E-state index < -0.39 is 0 Å². The van der Waals surface area contributed by atoms with E-state index in [1.165, 1.54) is 0 Å². The van der Waals surface area contributed by atoms with Gasteiger partial charge in [0.1, 0.15) is 5.82 Å². The van der Waals surface area contributed by atoms with Crippen molar-refractivity contribution in [2.75, 3.05) is 5.32 Å². The standard InChI is InChI=1S/C20H15ClN8/c1-12-10-18(27-25-12)23-19-15-4-2-3-5-16(15)22-20(24-19)17-11-29(28-26-17)14-8-6-13(21)7-9-14/h2-11H,1H3,(H2,22,23,24,25,27). The molecule has 29 heavy (non-hydrogen) atoms. The highest BCUT2D eigenvalue weighted by Crippen LogP contribution is 2.26. The third-order valence-corrected chi connectivity index (χ3v) is 4.62. The van der Waals surface area contributed by atoms with E-state index in [2.05, 4.69) is 35.8 Å².